The molecule has 0 aromatic heterocycles. The lowest BCUT2D eigenvalue weighted by molar-refractivity contribution is -0.137. The Hall–Kier alpha value is -0.610. The standard InChI is InChI=1S/C12H23NO3/c1-13(8-7-12(14)15)9-10-3-5-11(16-2)6-4-10/h10-11H,3-9H2,1-2H3,(H,14,15). The molecule has 0 heterocycles. The summed E-state index contributed by atoms with van der Waals surface area (Å²) in [7, 11) is 3.79. The van der Waals surface area contributed by atoms with Gasteiger partial charge in [-0.2, -0.15) is 0 Å². The molecule has 0 bridgehead atoms. The molecule has 0 aromatic rings. The van der Waals surface area contributed by atoms with Gasteiger partial charge < -0.3 is 14.7 Å². The molecule has 1 rings (SSSR count). The second-order valence-corrected chi connectivity index (χ2v) is 4.78. The highest BCUT2D eigenvalue weighted by Crippen LogP contribution is 2.26. The summed E-state index contributed by atoms with van der Waals surface area (Å²) in [6.07, 6.45) is 5.39. The van der Waals surface area contributed by atoms with Crippen LogP contribution in [-0.2, 0) is 9.53 Å². The van der Waals surface area contributed by atoms with Crippen LogP contribution < -0.4 is 0 Å². The monoisotopic (exact) mass is 229 g/mol. The summed E-state index contributed by atoms with van der Waals surface area (Å²) < 4.78 is 5.33. The van der Waals surface area contributed by atoms with Crippen molar-refractivity contribution in [1.82, 2.24) is 4.90 Å². The number of carboxylic acid groups (broad SMARTS) is 1. The fourth-order valence-corrected chi connectivity index (χ4v) is 2.37. The molecule has 0 aromatic carbocycles. The molecule has 0 saturated heterocycles. The van der Waals surface area contributed by atoms with Crippen molar-refractivity contribution in [2.24, 2.45) is 5.92 Å². The lowest BCUT2D eigenvalue weighted by Gasteiger charge is -2.30. The maximum Gasteiger partial charge on any atom is 0.304 e. The van der Waals surface area contributed by atoms with Gasteiger partial charge in [-0.3, -0.25) is 4.79 Å². The average molecular weight is 229 g/mol. The molecule has 1 saturated carbocycles. The van der Waals surface area contributed by atoms with E-state index in [0.717, 1.165) is 19.4 Å². The number of methoxy groups -OCH3 is 1. The summed E-state index contributed by atoms with van der Waals surface area (Å²) in [5, 5.41) is 8.59. The Labute approximate surface area is 97.6 Å². The Morgan fingerprint density at radius 2 is 2.00 bits per heavy atom. The van der Waals surface area contributed by atoms with E-state index in [9.17, 15) is 4.79 Å². The van der Waals surface area contributed by atoms with Crippen molar-refractivity contribution in [1.29, 1.82) is 0 Å². The topological polar surface area (TPSA) is 49.8 Å². The molecule has 16 heavy (non-hydrogen) atoms. The lowest BCUT2D eigenvalue weighted by atomic mass is 9.87. The fraction of sp³-hybridized carbons (Fsp3) is 0.917. The Morgan fingerprint density at radius 1 is 1.38 bits per heavy atom. The van der Waals surface area contributed by atoms with Gasteiger partial charge in [0.15, 0.2) is 0 Å². The molecule has 94 valence electrons. The van der Waals surface area contributed by atoms with Crippen LogP contribution in [0.1, 0.15) is 32.1 Å². The van der Waals surface area contributed by atoms with Gasteiger partial charge in [0.05, 0.1) is 12.5 Å². The van der Waals surface area contributed by atoms with Gasteiger partial charge in [0, 0.05) is 20.2 Å². The maximum atomic E-state index is 10.4. The molecule has 1 aliphatic carbocycles. The van der Waals surface area contributed by atoms with Gasteiger partial charge in [-0.05, 0) is 38.6 Å². The van der Waals surface area contributed by atoms with E-state index < -0.39 is 5.97 Å². The summed E-state index contributed by atoms with van der Waals surface area (Å²) in [4.78, 5) is 12.6. The first kappa shape index (κ1) is 13.5. The van der Waals surface area contributed by atoms with E-state index in [1.54, 1.807) is 7.11 Å². The highest BCUT2D eigenvalue weighted by atomic mass is 16.5. The highest BCUT2D eigenvalue weighted by Gasteiger charge is 2.21. The third-order valence-electron chi connectivity index (χ3n) is 3.40. The van der Waals surface area contributed by atoms with Gasteiger partial charge in [-0.15, -0.1) is 0 Å². The molecule has 0 amide bonds. The largest absolute Gasteiger partial charge is 0.481 e. The Morgan fingerprint density at radius 3 is 2.50 bits per heavy atom. The van der Waals surface area contributed by atoms with E-state index in [1.165, 1.54) is 12.8 Å². The van der Waals surface area contributed by atoms with Crippen LogP contribution in [0.5, 0.6) is 0 Å². The Kier molecular flexibility index (Phi) is 5.77. The Balaban J connectivity index is 2.15. The zero-order chi connectivity index (χ0) is 12.0. The number of carboxylic acids is 1. The SMILES string of the molecule is COC1CCC(CN(C)CCC(=O)O)CC1. The van der Waals surface area contributed by atoms with Crippen LogP contribution in [0.3, 0.4) is 0 Å². The highest BCUT2D eigenvalue weighted by molar-refractivity contribution is 5.66. The number of rotatable bonds is 6. The van der Waals surface area contributed by atoms with Crippen LogP contribution in [0.4, 0.5) is 0 Å². The second-order valence-electron chi connectivity index (χ2n) is 4.78. The van der Waals surface area contributed by atoms with Crippen molar-refractivity contribution >= 4 is 5.97 Å². The average Bonchev–Trinajstić information content (AvgIpc) is 2.27. The van der Waals surface area contributed by atoms with E-state index >= 15 is 0 Å². The van der Waals surface area contributed by atoms with Crippen molar-refractivity contribution in [2.45, 2.75) is 38.2 Å². The Bertz CT molecular complexity index is 212. The first-order valence-corrected chi connectivity index (χ1v) is 6.05. The zero-order valence-electron chi connectivity index (χ0n) is 10.3. The molecule has 4 nitrogen and oxygen atoms in total. The van der Waals surface area contributed by atoms with Gasteiger partial charge in [-0.1, -0.05) is 0 Å². The molecule has 1 fully saturated rings. The predicted octanol–water partition coefficient (Wildman–Crippen LogP) is 1.60. The molecule has 0 aliphatic heterocycles. The van der Waals surface area contributed by atoms with Gasteiger partial charge >= 0.3 is 5.97 Å². The quantitative estimate of drug-likeness (QED) is 0.751. The molecule has 1 aliphatic rings. The smallest absolute Gasteiger partial charge is 0.304 e. The summed E-state index contributed by atoms with van der Waals surface area (Å²) >= 11 is 0. The van der Waals surface area contributed by atoms with Crippen LogP contribution in [0, 0.1) is 5.92 Å². The van der Waals surface area contributed by atoms with Gasteiger partial charge in [-0.25, -0.2) is 0 Å². The number of nitrogens with zero attached hydrogens (tertiary/aromatic N) is 1. The number of hydrogen-bond acceptors (Lipinski definition) is 3. The van der Waals surface area contributed by atoms with Gasteiger partial charge in [0.25, 0.3) is 0 Å². The normalized spacial score (nSPS) is 25.9. The fourth-order valence-electron chi connectivity index (χ4n) is 2.37. The minimum Gasteiger partial charge on any atom is -0.481 e. The van der Waals surface area contributed by atoms with E-state index in [0.29, 0.717) is 18.6 Å². The zero-order valence-corrected chi connectivity index (χ0v) is 10.3. The van der Waals surface area contributed by atoms with Gasteiger partial charge in [0.2, 0.25) is 0 Å². The van der Waals surface area contributed by atoms with Crippen molar-refractivity contribution in [2.75, 3.05) is 27.2 Å². The van der Waals surface area contributed by atoms with Crippen LogP contribution in [0.25, 0.3) is 0 Å². The molecule has 4 heteroatoms. The molecule has 1 N–H and O–H groups in total. The van der Waals surface area contributed by atoms with Crippen LogP contribution in [0.15, 0.2) is 0 Å². The third-order valence-corrected chi connectivity index (χ3v) is 3.40. The summed E-state index contributed by atoms with van der Waals surface area (Å²) in [6, 6.07) is 0. The van der Waals surface area contributed by atoms with Crippen LogP contribution in [0.2, 0.25) is 0 Å². The number of carbonyl (C=O) groups is 1. The molecule has 0 radical (unpaired) electrons. The summed E-state index contributed by atoms with van der Waals surface area (Å²) in [5.41, 5.74) is 0. The molecular weight excluding hydrogens is 206 g/mol. The van der Waals surface area contributed by atoms with Crippen molar-refractivity contribution in [3.63, 3.8) is 0 Å². The predicted molar refractivity (Wildman–Crippen MR) is 62.5 cm³/mol. The summed E-state index contributed by atoms with van der Waals surface area (Å²) in [6.45, 7) is 1.67. The molecule has 0 spiro atoms. The van der Waals surface area contributed by atoms with E-state index in [1.807, 2.05) is 7.05 Å². The summed E-state index contributed by atoms with van der Waals surface area (Å²) in [5.74, 6) is 0.000126. The van der Waals surface area contributed by atoms with Crippen LogP contribution >= 0.6 is 0 Å². The molecule has 0 unspecified atom stereocenters. The number of hydrogen-bond donors (Lipinski definition) is 1. The number of ether oxygens (including phenoxy) is 1. The van der Waals surface area contributed by atoms with Crippen molar-refractivity contribution < 1.29 is 14.6 Å². The van der Waals surface area contributed by atoms with E-state index in [-0.39, 0.29) is 6.42 Å². The lowest BCUT2D eigenvalue weighted by Crippen LogP contribution is -2.31. The second kappa shape index (κ2) is 6.86. The minimum absolute atomic E-state index is 0.240. The van der Waals surface area contributed by atoms with Crippen LogP contribution in [-0.4, -0.2) is 49.3 Å². The number of aliphatic carboxylic acids is 1. The first-order chi connectivity index (χ1) is 7.61. The van der Waals surface area contributed by atoms with Crippen molar-refractivity contribution in [3.8, 4) is 0 Å². The molecule has 0 atom stereocenters. The van der Waals surface area contributed by atoms with E-state index in [4.69, 9.17) is 9.84 Å². The first-order valence-electron chi connectivity index (χ1n) is 6.05. The van der Waals surface area contributed by atoms with Crippen molar-refractivity contribution in [3.05, 3.63) is 0 Å². The third kappa shape index (κ3) is 4.94. The van der Waals surface area contributed by atoms with Gasteiger partial charge in [0.1, 0.15) is 0 Å². The minimum atomic E-state index is -0.713. The molecular formula is C12H23NO3. The maximum absolute atomic E-state index is 10.4. The van der Waals surface area contributed by atoms with E-state index in [2.05, 4.69) is 4.90 Å².